The van der Waals surface area contributed by atoms with Crippen molar-refractivity contribution in [3.05, 3.63) is 35.9 Å². The monoisotopic (exact) mass is 265 g/mol. The van der Waals surface area contributed by atoms with Gasteiger partial charge in [-0.15, -0.1) is 0 Å². The molecule has 2 rings (SSSR count). The summed E-state index contributed by atoms with van der Waals surface area (Å²) in [6.07, 6.45) is 0.915. The average molecular weight is 265 g/mol. The lowest BCUT2D eigenvalue weighted by molar-refractivity contribution is -0.126. The molecule has 1 heterocycles. The normalized spacial score (nSPS) is 23.0. The Bertz CT molecular complexity index is 449. The van der Waals surface area contributed by atoms with Crippen LogP contribution in [-0.2, 0) is 9.53 Å². The molecule has 18 heavy (non-hydrogen) atoms. The fourth-order valence-corrected chi connectivity index (χ4v) is 2.46. The van der Waals surface area contributed by atoms with E-state index in [9.17, 15) is 9.59 Å². The van der Waals surface area contributed by atoms with Crippen LogP contribution in [-0.4, -0.2) is 35.0 Å². The molecule has 0 bridgehead atoms. The largest absolute Gasteiger partial charge is 0.439 e. The smallest absolute Gasteiger partial charge is 0.417 e. The van der Waals surface area contributed by atoms with E-state index in [1.54, 1.807) is 0 Å². The minimum Gasteiger partial charge on any atom is -0.439 e. The van der Waals surface area contributed by atoms with Gasteiger partial charge in [-0.25, -0.2) is 9.69 Å². The second-order valence-corrected chi connectivity index (χ2v) is 5.02. The van der Waals surface area contributed by atoms with E-state index in [4.69, 9.17) is 4.74 Å². The Kier molecular flexibility index (Phi) is 3.91. The molecule has 0 unspecified atom stereocenters. The van der Waals surface area contributed by atoms with Crippen molar-refractivity contribution in [3.8, 4) is 0 Å². The summed E-state index contributed by atoms with van der Waals surface area (Å²) >= 11 is 1.40. The van der Waals surface area contributed by atoms with Crippen molar-refractivity contribution in [3.63, 3.8) is 0 Å². The summed E-state index contributed by atoms with van der Waals surface area (Å²) in [5.74, 6) is 0.0967. The lowest BCUT2D eigenvalue weighted by atomic mass is 10.0. The number of benzene rings is 1. The number of hydrogen-bond acceptors (Lipinski definition) is 4. The molecule has 1 aromatic rings. The minimum atomic E-state index is -0.546. The summed E-state index contributed by atoms with van der Waals surface area (Å²) in [5.41, 5.74) is 0.915. The molecule has 1 aliphatic rings. The van der Waals surface area contributed by atoms with Crippen molar-refractivity contribution in [1.29, 1.82) is 0 Å². The van der Waals surface area contributed by atoms with Crippen LogP contribution in [0.15, 0.2) is 30.3 Å². The van der Waals surface area contributed by atoms with Crippen molar-refractivity contribution < 1.29 is 14.3 Å². The third kappa shape index (κ3) is 2.36. The Morgan fingerprint density at radius 1 is 1.39 bits per heavy atom. The summed E-state index contributed by atoms with van der Waals surface area (Å²) in [6, 6.07) is 9.22. The lowest BCUT2D eigenvalue weighted by Crippen LogP contribution is -2.38. The summed E-state index contributed by atoms with van der Waals surface area (Å²) in [5, 5.41) is 0. The van der Waals surface area contributed by atoms with Crippen LogP contribution in [0.4, 0.5) is 4.79 Å². The van der Waals surface area contributed by atoms with Gasteiger partial charge in [0.1, 0.15) is 6.10 Å². The average Bonchev–Trinajstić information content (AvgIpc) is 2.66. The van der Waals surface area contributed by atoms with Crippen molar-refractivity contribution >= 4 is 23.8 Å². The number of amides is 2. The standard InChI is InChI=1S/C13H15NO3S/c1-9-12(10-6-4-3-5-7-10)17-13(16)14(9)11(15)8-18-2/h3-7,9,12H,8H2,1-2H3/t9-,12-/m0/s1. The van der Waals surface area contributed by atoms with Crippen molar-refractivity contribution in [2.45, 2.75) is 19.1 Å². The Hall–Kier alpha value is -1.49. The molecule has 1 aromatic carbocycles. The molecule has 1 saturated heterocycles. The van der Waals surface area contributed by atoms with Gasteiger partial charge < -0.3 is 4.74 Å². The van der Waals surface area contributed by atoms with Gasteiger partial charge in [-0.3, -0.25) is 4.79 Å². The number of thioether (sulfide) groups is 1. The van der Waals surface area contributed by atoms with Crippen LogP contribution < -0.4 is 0 Å². The number of imide groups is 1. The number of carbonyl (C=O) groups is 2. The molecular formula is C13H15NO3S. The zero-order valence-corrected chi connectivity index (χ0v) is 11.1. The Labute approximate surface area is 110 Å². The van der Waals surface area contributed by atoms with E-state index >= 15 is 0 Å². The predicted octanol–water partition coefficient (Wildman–Crippen LogP) is 2.46. The first-order chi connectivity index (χ1) is 8.65. The molecule has 0 saturated carbocycles. The summed E-state index contributed by atoms with van der Waals surface area (Å²) < 4.78 is 5.30. The molecule has 2 atom stereocenters. The van der Waals surface area contributed by atoms with E-state index < -0.39 is 6.09 Å². The van der Waals surface area contributed by atoms with E-state index in [1.807, 2.05) is 43.5 Å². The van der Waals surface area contributed by atoms with E-state index in [0.717, 1.165) is 5.56 Å². The van der Waals surface area contributed by atoms with E-state index in [0.29, 0.717) is 5.75 Å². The van der Waals surface area contributed by atoms with Crippen LogP contribution in [0.5, 0.6) is 0 Å². The second kappa shape index (κ2) is 5.44. The third-order valence-electron chi connectivity index (χ3n) is 2.93. The summed E-state index contributed by atoms with van der Waals surface area (Å²) in [4.78, 5) is 24.8. The molecular weight excluding hydrogens is 250 g/mol. The minimum absolute atomic E-state index is 0.196. The second-order valence-electron chi connectivity index (χ2n) is 4.15. The zero-order valence-electron chi connectivity index (χ0n) is 10.3. The molecule has 5 heteroatoms. The van der Waals surface area contributed by atoms with Crippen LogP contribution in [0, 0.1) is 0 Å². The maximum absolute atomic E-state index is 11.8. The van der Waals surface area contributed by atoms with Gasteiger partial charge >= 0.3 is 6.09 Å². The van der Waals surface area contributed by atoms with Gasteiger partial charge in [0.2, 0.25) is 5.91 Å². The molecule has 1 aliphatic heterocycles. The highest BCUT2D eigenvalue weighted by molar-refractivity contribution is 7.99. The molecule has 0 aromatic heterocycles. The molecule has 0 spiro atoms. The van der Waals surface area contributed by atoms with Crippen LogP contribution in [0.2, 0.25) is 0 Å². The number of carbonyl (C=O) groups excluding carboxylic acids is 2. The molecule has 4 nitrogen and oxygen atoms in total. The zero-order chi connectivity index (χ0) is 13.1. The van der Waals surface area contributed by atoms with Crippen LogP contribution in [0.1, 0.15) is 18.6 Å². The predicted molar refractivity (Wildman–Crippen MR) is 70.4 cm³/mol. The van der Waals surface area contributed by atoms with Crippen LogP contribution in [0.3, 0.4) is 0 Å². The molecule has 0 N–H and O–H groups in total. The van der Waals surface area contributed by atoms with E-state index in [1.165, 1.54) is 16.7 Å². The molecule has 0 aliphatic carbocycles. The first kappa shape index (κ1) is 13.0. The van der Waals surface area contributed by atoms with E-state index in [2.05, 4.69) is 0 Å². The topological polar surface area (TPSA) is 46.6 Å². The maximum Gasteiger partial charge on any atom is 0.417 e. The SMILES string of the molecule is CSCC(=O)N1C(=O)O[C@H](c2ccccc2)[C@@H]1C. The first-order valence-corrected chi connectivity index (χ1v) is 7.11. The fraction of sp³-hybridized carbons (Fsp3) is 0.385. The number of cyclic esters (lactones) is 1. The Morgan fingerprint density at radius 2 is 2.06 bits per heavy atom. The van der Waals surface area contributed by atoms with Gasteiger partial charge in [0.05, 0.1) is 11.8 Å². The van der Waals surface area contributed by atoms with Crippen LogP contribution >= 0.6 is 11.8 Å². The number of ether oxygens (including phenoxy) is 1. The lowest BCUT2D eigenvalue weighted by Gasteiger charge is -2.18. The number of nitrogens with zero attached hydrogens (tertiary/aromatic N) is 1. The van der Waals surface area contributed by atoms with Gasteiger partial charge in [-0.05, 0) is 18.7 Å². The van der Waals surface area contributed by atoms with E-state index in [-0.39, 0.29) is 18.1 Å². The third-order valence-corrected chi connectivity index (χ3v) is 3.47. The fourth-order valence-electron chi connectivity index (χ4n) is 2.08. The Morgan fingerprint density at radius 3 is 2.67 bits per heavy atom. The van der Waals surface area contributed by atoms with Gasteiger partial charge in [0.25, 0.3) is 0 Å². The molecule has 0 radical (unpaired) electrons. The van der Waals surface area contributed by atoms with Crippen LogP contribution in [0.25, 0.3) is 0 Å². The molecule has 96 valence electrons. The van der Waals surface area contributed by atoms with Crippen molar-refractivity contribution in [1.82, 2.24) is 4.90 Å². The van der Waals surface area contributed by atoms with Gasteiger partial charge in [-0.1, -0.05) is 30.3 Å². The van der Waals surface area contributed by atoms with Gasteiger partial charge in [0.15, 0.2) is 0 Å². The number of rotatable bonds is 3. The highest BCUT2D eigenvalue weighted by atomic mass is 32.2. The van der Waals surface area contributed by atoms with Gasteiger partial charge in [-0.2, -0.15) is 11.8 Å². The highest BCUT2D eigenvalue weighted by Crippen LogP contribution is 2.32. The molecule has 1 fully saturated rings. The maximum atomic E-state index is 11.8. The quantitative estimate of drug-likeness (QED) is 0.842. The highest BCUT2D eigenvalue weighted by Gasteiger charge is 2.42. The summed E-state index contributed by atoms with van der Waals surface area (Å²) in [7, 11) is 0. The summed E-state index contributed by atoms with van der Waals surface area (Å²) in [6.45, 7) is 1.83. The first-order valence-electron chi connectivity index (χ1n) is 5.71. The van der Waals surface area contributed by atoms with Gasteiger partial charge in [0, 0.05) is 0 Å². The van der Waals surface area contributed by atoms with Crippen molar-refractivity contribution in [2.75, 3.05) is 12.0 Å². The Balaban J connectivity index is 2.19. The number of hydrogen-bond donors (Lipinski definition) is 0. The molecule has 2 amide bonds. The van der Waals surface area contributed by atoms with Crippen molar-refractivity contribution in [2.24, 2.45) is 0 Å².